The lowest BCUT2D eigenvalue weighted by molar-refractivity contribution is 0.0953. The van der Waals surface area contributed by atoms with Crippen LogP contribution in [-0.4, -0.2) is 32.3 Å². The number of hydrogen-bond acceptors (Lipinski definition) is 5. The minimum Gasteiger partial charge on any atom is -0.321 e. The first-order valence-electron chi connectivity index (χ1n) is 8.19. The summed E-state index contributed by atoms with van der Waals surface area (Å²) in [5.41, 5.74) is 5.43. The van der Waals surface area contributed by atoms with E-state index in [1.54, 1.807) is 69.0 Å². The summed E-state index contributed by atoms with van der Waals surface area (Å²) < 4.78 is 1.50. The molecule has 0 radical (unpaired) electrons. The largest absolute Gasteiger partial charge is 0.321 e. The number of carbonyl (C=O) groups is 2. The monoisotopic (exact) mass is 362 g/mol. The number of aryl methyl sites for hydroxylation is 1. The van der Waals surface area contributed by atoms with Gasteiger partial charge >= 0.3 is 0 Å². The summed E-state index contributed by atoms with van der Waals surface area (Å²) in [4.78, 5) is 28.2. The summed E-state index contributed by atoms with van der Waals surface area (Å²) in [5.74, 6) is -0.579. The molecule has 0 unspecified atom stereocenters. The summed E-state index contributed by atoms with van der Waals surface area (Å²) in [6.45, 7) is 1.77. The van der Waals surface area contributed by atoms with Crippen LogP contribution in [0.4, 0.5) is 5.69 Å². The third-order valence-corrected chi connectivity index (χ3v) is 3.86. The van der Waals surface area contributed by atoms with Gasteiger partial charge in [0.2, 0.25) is 0 Å². The molecule has 1 aromatic carbocycles. The molecule has 0 aliphatic heterocycles. The van der Waals surface area contributed by atoms with Gasteiger partial charge in [0.1, 0.15) is 5.69 Å². The Bertz CT molecular complexity index is 994. The first-order chi connectivity index (χ1) is 13.0. The Morgan fingerprint density at radius 2 is 1.78 bits per heavy atom. The molecule has 2 amide bonds. The van der Waals surface area contributed by atoms with Gasteiger partial charge < -0.3 is 5.32 Å². The molecule has 0 aliphatic carbocycles. The minimum atomic E-state index is -0.322. The molecule has 136 valence electrons. The maximum absolute atomic E-state index is 12.3. The Morgan fingerprint density at radius 1 is 1.00 bits per heavy atom. The lowest BCUT2D eigenvalue weighted by Gasteiger charge is -2.08. The minimum absolute atomic E-state index is 0.257. The average Bonchev–Trinajstić information content (AvgIpc) is 3.12. The number of pyridine rings is 1. The van der Waals surface area contributed by atoms with Crippen LogP contribution in [0.15, 0.2) is 66.2 Å². The topological polar surface area (TPSA) is 101 Å². The second kappa shape index (κ2) is 8.05. The molecule has 0 bridgehead atoms. The Labute approximate surface area is 155 Å². The zero-order chi connectivity index (χ0) is 19.2. The number of hydrazone groups is 1. The van der Waals surface area contributed by atoms with Gasteiger partial charge in [-0.15, -0.1) is 0 Å². The number of carbonyl (C=O) groups excluding carboxylic acids is 2. The van der Waals surface area contributed by atoms with Crippen LogP contribution in [0.1, 0.15) is 33.3 Å². The molecule has 2 aromatic heterocycles. The van der Waals surface area contributed by atoms with Crippen molar-refractivity contribution in [1.29, 1.82) is 0 Å². The fraction of sp³-hybridized carbons (Fsp3) is 0.105. The zero-order valence-corrected chi connectivity index (χ0v) is 14.9. The number of rotatable bonds is 5. The van der Waals surface area contributed by atoms with Gasteiger partial charge in [0, 0.05) is 36.9 Å². The average molecular weight is 362 g/mol. The van der Waals surface area contributed by atoms with Crippen molar-refractivity contribution in [3.05, 3.63) is 77.9 Å². The Hall–Kier alpha value is -3.81. The zero-order valence-electron chi connectivity index (χ0n) is 14.9. The summed E-state index contributed by atoms with van der Waals surface area (Å²) in [6.07, 6.45) is 4.65. The predicted octanol–water partition coefficient (Wildman–Crippen LogP) is 2.22. The summed E-state index contributed by atoms with van der Waals surface area (Å²) in [7, 11) is 1.70. The number of hydrogen-bond donors (Lipinski definition) is 2. The molecule has 0 saturated carbocycles. The van der Waals surface area contributed by atoms with Gasteiger partial charge in [0.25, 0.3) is 11.8 Å². The van der Waals surface area contributed by atoms with Crippen LogP contribution in [0.3, 0.4) is 0 Å². The van der Waals surface area contributed by atoms with Gasteiger partial charge in [-0.05, 0) is 42.8 Å². The van der Waals surface area contributed by atoms with Crippen LogP contribution in [0.2, 0.25) is 0 Å². The van der Waals surface area contributed by atoms with E-state index in [1.807, 2.05) is 6.07 Å². The number of aromatic nitrogens is 3. The van der Waals surface area contributed by atoms with E-state index in [-0.39, 0.29) is 11.8 Å². The lowest BCUT2D eigenvalue weighted by atomic mass is 10.1. The SMILES string of the molecule is C/C(=N/NC(=O)c1ccncc1)c1cccc(NC(=O)c2ccnn2C)c1. The maximum Gasteiger partial charge on any atom is 0.273 e. The summed E-state index contributed by atoms with van der Waals surface area (Å²) in [6, 6.07) is 12.1. The highest BCUT2D eigenvalue weighted by molar-refractivity contribution is 6.05. The molecule has 2 heterocycles. The van der Waals surface area contributed by atoms with Gasteiger partial charge in [-0.2, -0.15) is 10.2 Å². The van der Waals surface area contributed by atoms with E-state index in [9.17, 15) is 9.59 Å². The van der Waals surface area contributed by atoms with Crippen molar-refractivity contribution < 1.29 is 9.59 Å². The molecular formula is C19H18N6O2. The number of nitrogens with zero attached hydrogens (tertiary/aromatic N) is 4. The Kier molecular flexibility index (Phi) is 5.36. The third-order valence-electron chi connectivity index (χ3n) is 3.86. The highest BCUT2D eigenvalue weighted by Crippen LogP contribution is 2.13. The van der Waals surface area contributed by atoms with Crippen LogP contribution in [0, 0.1) is 0 Å². The van der Waals surface area contributed by atoms with Crippen LogP contribution < -0.4 is 10.7 Å². The molecule has 3 aromatic rings. The summed E-state index contributed by atoms with van der Waals surface area (Å²) in [5, 5.41) is 10.9. The van der Waals surface area contributed by atoms with Crippen molar-refractivity contribution in [2.75, 3.05) is 5.32 Å². The van der Waals surface area contributed by atoms with Crippen LogP contribution >= 0.6 is 0 Å². The molecule has 0 fully saturated rings. The van der Waals surface area contributed by atoms with Gasteiger partial charge in [-0.25, -0.2) is 5.43 Å². The Balaban J connectivity index is 1.70. The molecular weight excluding hydrogens is 344 g/mol. The van der Waals surface area contributed by atoms with Crippen molar-refractivity contribution in [3.63, 3.8) is 0 Å². The van der Waals surface area contributed by atoms with Gasteiger partial charge in [-0.3, -0.25) is 19.3 Å². The van der Waals surface area contributed by atoms with E-state index < -0.39 is 0 Å². The smallest absolute Gasteiger partial charge is 0.273 e. The standard InChI is InChI=1S/C19H18N6O2/c1-13(23-24-18(26)14-6-9-20-10-7-14)15-4-3-5-16(12-15)22-19(27)17-8-11-21-25(17)2/h3-12H,1-2H3,(H,22,27)(H,24,26)/b23-13-. The number of benzene rings is 1. The second-order valence-corrected chi connectivity index (χ2v) is 5.75. The maximum atomic E-state index is 12.3. The fourth-order valence-corrected chi connectivity index (χ4v) is 2.38. The fourth-order valence-electron chi connectivity index (χ4n) is 2.38. The quantitative estimate of drug-likeness (QED) is 0.537. The second-order valence-electron chi connectivity index (χ2n) is 5.75. The van der Waals surface area contributed by atoms with E-state index in [1.165, 1.54) is 4.68 Å². The molecule has 0 saturated heterocycles. The molecule has 0 aliphatic rings. The van der Waals surface area contributed by atoms with Crippen LogP contribution in [0.25, 0.3) is 0 Å². The van der Waals surface area contributed by atoms with E-state index in [4.69, 9.17) is 0 Å². The first kappa shape index (κ1) is 18.0. The molecule has 0 spiro atoms. The number of anilines is 1. The molecule has 2 N–H and O–H groups in total. The first-order valence-corrected chi connectivity index (χ1v) is 8.19. The van der Waals surface area contributed by atoms with E-state index in [2.05, 4.69) is 25.9 Å². The Morgan fingerprint density at radius 3 is 2.48 bits per heavy atom. The normalized spacial score (nSPS) is 11.1. The predicted molar refractivity (Wildman–Crippen MR) is 102 cm³/mol. The molecule has 3 rings (SSSR count). The molecule has 27 heavy (non-hydrogen) atoms. The van der Waals surface area contributed by atoms with Crippen LogP contribution in [-0.2, 0) is 7.05 Å². The van der Waals surface area contributed by atoms with Crippen molar-refractivity contribution in [1.82, 2.24) is 20.2 Å². The van der Waals surface area contributed by atoms with Crippen molar-refractivity contribution in [2.45, 2.75) is 6.92 Å². The van der Waals surface area contributed by atoms with Crippen LogP contribution in [0.5, 0.6) is 0 Å². The number of amides is 2. The van der Waals surface area contributed by atoms with Crippen molar-refractivity contribution in [3.8, 4) is 0 Å². The van der Waals surface area contributed by atoms with Gasteiger partial charge in [0.05, 0.1) is 5.71 Å². The van der Waals surface area contributed by atoms with Crippen molar-refractivity contribution >= 4 is 23.2 Å². The lowest BCUT2D eigenvalue weighted by Crippen LogP contribution is -2.19. The number of nitrogens with one attached hydrogen (secondary N) is 2. The summed E-state index contributed by atoms with van der Waals surface area (Å²) >= 11 is 0. The van der Waals surface area contributed by atoms with Gasteiger partial charge in [0.15, 0.2) is 0 Å². The highest BCUT2D eigenvalue weighted by atomic mass is 16.2. The molecule has 0 atom stereocenters. The third kappa shape index (κ3) is 4.43. The highest BCUT2D eigenvalue weighted by Gasteiger charge is 2.11. The van der Waals surface area contributed by atoms with Crippen molar-refractivity contribution in [2.24, 2.45) is 12.1 Å². The molecule has 8 heteroatoms. The molecule has 8 nitrogen and oxygen atoms in total. The van der Waals surface area contributed by atoms with E-state index >= 15 is 0 Å². The van der Waals surface area contributed by atoms with E-state index in [0.717, 1.165) is 5.56 Å². The van der Waals surface area contributed by atoms with E-state index in [0.29, 0.717) is 22.7 Å². The van der Waals surface area contributed by atoms with Gasteiger partial charge in [-0.1, -0.05) is 12.1 Å².